The minimum absolute atomic E-state index is 0. The Hall–Kier alpha value is -0.577. The van der Waals surface area contributed by atoms with E-state index in [0.717, 1.165) is 46.9 Å². The summed E-state index contributed by atoms with van der Waals surface area (Å²) in [5.74, 6) is 1.36. The molecular weight excluding hydrogens is 592 g/mol. The molecule has 206 valence electrons. The number of carbonyl (C=O) groups is 1. The summed E-state index contributed by atoms with van der Waals surface area (Å²) in [7, 11) is 2.05. The van der Waals surface area contributed by atoms with Gasteiger partial charge in [-0.25, -0.2) is 4.79 Å². The van der Waals surface area contributed by atoms with Crippen LogP contribution in [0.3, 0.4) is 0 Å². The van der Waals surface area contributed by atoms with E-state index in [0.29, 0.717) is 16.5 Å². The molecule has 38 heavy (non-hydrogen) atoms. The molecule has 0 aliphatic carbocycles. The van der Waals surface area contributed by atoms with Crippen molar-refractivity contribution in [3.05, 3.63) is 29.3 Å². The summed E-state index contributed by atoms with van der Waals surface area (Å²) >= 11 is 4.96. The number of aliphatic hydroxyl groups is 1. The van der Waals surface area contributed by atoms with Crippen LogP contribution in [0.1, 0.15) is 58.1 Å². The number of aryl methyl sites for hydroxylation is 1. The number of phenols is 1. The molecule has 4 rings (SSSR count). The molecule has 0 bridgehead atoms. The topological polar surface area (TPSA) is 106 Å². The molecule has 3 aliphatic rings. The van der Waals surface area contributed by atoms with Crippen molar-refractivity contribution in [3.63, 3.8) is 0 Å². The first-order valence-corrected chi connectivity index (χ1v) is 16.0. The molecule has 0 aromatic heterocycles. The van der Waals surface area contributed by atoms with Crippen LogP contribution in [-0.4, -0.2) is 89.7 Å². The van der Waals surface area contributed by atoms with Gasteiger partial charge in [0.1, 0.15) is 10.8 Å². The fourth-order valence-electron chi connectivity index (χ4n) is 5.14. The molecule has 3 heterocycles. The predicted molar refractivity (Wildman–Crippen MR) is 158 cm³/mol. The van der Waals surface area contributed by atoms with E-state index in [9.17, 15) is 20.1 Å². The second-order valence-corrected chi connectivity index (χ2v) is 14.1. The maximum absolute atomic E-state index is 11.7. The van der Waals surface area contributed by atoms with E-state index in [2.05, 4.69) is 22.9 Å². The zero-order chi connectivity index (χ0) is 27.0. The molecule has 3 aliphatic heterocycles. The Morgan fingerprint density at radius 3 is 2.66 bits per heavy atom. The number of hydrogen-bond acceptors (Lipinski definition) is 9. The van der Waals surface area contributed by atoms with E-state index in [1.165, 1.54) is 18.2 Å². The van der Waals surface area contributed by atoms with Crippen molar-refractivity contribution in [2.24, 2.45) is 15.4 Å². The number of carboxylic acids is 1. The number of hydrogen-bond donors (Lipinski definition) is 3. The van der Waals surface area contributed by atoms with Gasteiger partial charge in [-0.1, -0.05) is 45.7 Å². The van der Waals surface area contributed by atoms with Crippen LogP contribution in [-0.2, 0) is 30.7 Å². The molecule has 3 N–H and O–H groups in total. The number of thioether (sulfide) groups is 3. The van der Waals surface area contributed by atoms with E-state index < -0.39 is 23.0 Å². The summed E-state index contributed by atoms with van der Waals surface area (Å²) in [5.41, 5.74) is 0.243. The molecule has 0 unspecified atom stereocenters. The molecule has 5 atom stereocenters. The van der Waals surface area contributed by atoms with Gasteiger partial charge in [-0.2, -0.15) is 0 Å². The zero-order valence-corrected chi connectivity index (χ0v) is 28.4. The van der Waals surface area contributed by atoms with Crippen molar-refractivity contribution in [2.75, 3.05) is 24.3 Å². The first kappa shape index (κ1) is 31.9. The van der Waals surface area contributed by atoms with E-state index in [-0.39, 0.29) is 36.9 Å². The number of benzene rings is 1. The van der Waals surface area contributed by atoms with Crippen LogP contribution < -0.4 is 0 Å². The quantitative estimate of drug-likeness (QED) is 0.252. The van der Waals surface area contributed by atoms with Crippen LogP contribution in [0.25, 0.3) is 0 Å². The van der Waals surface area contributed by atoms with Crippen LogP contribution in [0.2, 0.25) is 0 Å². The van der Waals surface area contributed by atoms with Crippen LogP contribution >= 0.6 is 35.3 Å². The number of aliphatic carboxylic acids is 1. The molecule has 11 heteroatoms. The van der Waals surface area contributed by atoms with Crippen LogP contribution in [0.4, 0.5) is 0 Å². The number of nitrogens with zero attached hydrogens (tertiary/aromatic N) is 3. The number of carboxylic acid groups (broad SMARTS) is 1. The van der Waals surface area contributed by atoms with Crippen LogP contribution in [0.15, 0.2) is 28.2 Å². The smallest absolute Gasteiger partial charge is 0.332 e. The summed E-state index contributed by atoms with van der Waals surface area (Å²) in [5, 5.41) is 33.5. The van der Waals surface area contributed by atoms with Gasteiger partial charge in [0.25, 0.3) is 0 Å². The van der Waals surface area contributed by atoms with Crippen molar-refractivity contribution < 1.29 is 39.6 Å². The van der Waals surface area contributed by atoms with Gasteiger partial charge in [-0.05, 0) is 38.4 Å². The van der Waals surface area contributed by atoms with Gasteiger partial charge in [-0.15, -0.1) is 35.3 Å². The van der Waals surface area contributed by atoms with E-state index >= 15 is 0 Å². The van der Waals surface area contributed by atoms with Gasteiger partial charge < -0.3 is 15.3 Å². The summed E-state index contributed by atoms with van der Waals surface area (Å²) in [6.45, 7) is 7.75. The van der Waals surface area contributed by atoms with Gasteiger partial charge >= 0.3 is 5.97 Å². The summed E-state index contributed by atoms with van der Waals surface area (Å²) in [6, 6.07) is 5.73. The fraction of sp³-hybridized carbons (Fsp3) is 0.667. The molecule has 7 nitrogen and oxygen atoms in total. The molecular formula is C27H39N3O4S3Zn. The molecule has 0 amide bonds. The SMILES string of the molecule is CCCCCc1cccc(O)c1C1=N[C@@H]([C@H]2SC[C@@H]([C@@H](O)C(C)(C)C3=N[C@@](C)(C(=O)O)CS3)N2C)CS1.[Zn]. The normalized spacial score (nSPS) is 28.6. The number of aliphatic imine (C=N–C) groups is 2. The number of likely N-dealkylation sites (N-methyl/N-ethyl adjacent to an activating group) is 1. The second kappa shape index (κ2) is 12.9. The van der Waals surface area contributed by atoms with Crippen molar-refractivity contribution >= 4 is 51.3 Å². The third kappa shape index (κ3) is 6.33. The molecule has 1 fully saturated rings. The Labute approximate surface area is 251 Å². The van der Waals surface area contributed by atoms with Gasteiger partial charge in [0.15, 0.2) is 5.54 Å². The number of unbranched alkanes of at least 4 members (excludes halogenated alkanes) is 2. The maximum atomic E-state index is 11.7. The third-order valence-electron chi connectivity index (χ3n) is 7.71. The average Bonchev–Trinajstić information content (AvgIpc) is 3.58. The third-order valence-corrected chi connectivity index (χ3v) is 11.9. The molecule has 1 saturated heterocycles. The summed E-state index contributed by atoms with van der Waals surface area (Å²) in [6.07, 6.45) is 3.66. The Balaban J connectivity index is 0.00000400. The molecule has 0 spiro atoms. The Bertz CT molecular complexity index is 1090. The van der Waals surface area contributed by atoms with Crippen molar-refractivity contribution in [3.8, 4) is 5.75 Å². The number of phenolic OH excluding ortho intramolecular Hbond substituents is 1. The monoisotopic (exact) mass is 629 g/mol. The average molecular weight is 631 g/mol. The molecule has 0 saturated carbocycles. The van der Waals surface area contributed by atoms with Gasteiger partial charge in [0, 0.05) is 48.2 Å². The minimum Gasteiger partial charge on any atom is -0.507 e. The molecule has 1 aromatic carbocycles. The van der Waals surface area contributed by atoms with Gasteiger partial charge in [0.05, 0.1) is 28.1 Å². The maximum Gasteiger partial charge on any atom is 0.332 e. The van der Waals surface area contributed by atoms with E-state index in [1.54, 1.807) is 24.8 Å². The van der Waals surface area contributed by atoms with Gasteiger partial charge in [-0.3, -0.25) is 14.9 Å². The Morgan fingerprint density at radius 1 is 1.26 bits per heavy atom. The van der Waals surface area contributed by atoms with Crippen LogP contribution in [0, 0.1) is 5.41 Å². The summed E-state index contributed by atoms with van der Waals surface area (Å²) < 4.78 is 0. The Kier molecular flexibility index (Phi) is 10.9. The zero-order valence-electron chi connectivity index (χ0n) is 23.0. The first-order chi connectivity index (χ1) is 17.5. The molecule has 0 radical (unpaired) electrons. The van der Waals surface area contributed by atoms with Gasteiger partial charge in [0.2, 0.25) is 0 Å². The summed E-state index contributed by atoms with van der Waals surface area (Å²) in [4.78, 5) is 23.5. The van der Waals surface area contributed by atoms with E-state index in [4.69, 9.17) is 4.99 Å². The number of aliphatic hydroxyl groups excluding tert-OH is 1. The van der Waals surface area contributed by atoms with Crippen molar-refractivity contribution in [1.82, 2.24) is 4.90 Å². The fourth-order valence-corrected chi connectivity index (χ4v) is 9.39. The number of aromatic hydroxyl groups is 1. The van der Waals surface area contributed by atoms with Crippen molar-refractivity contribution in [2.45, 2.75) is 82.5 Å². The first-order valence-electron chi connectivity index (χ1n) is 13.0. The number of rotatable bonds is 10. The molecule has 1 aromatic rings. The van der Waals surface area contributed by atoms with E-state index in [1.807, 2.05) is 38.7 Å². The predicted octanol–water partition coefficient (Wildman–Crippen LogP) is 4.73. The van der Waals surface area contributed by atoms with Crippen molar-refractivity contribution in [1.29, 1.82) is 0 Å². The second-order valence-electron chi connectivity index (χ2n) is 11.0. The minimum atomic E-state index is -1.14. The standard InChI is InChI=1S/C27H39N3O4S3.Zn/c1-6-7-8-10-16-11-9-12-19(31)20(16)22-28-17(13-35-22)23-30(5)18(14-36-23)21(32)26(2,3)24-29-27(4,15-37-24)25(33)34;/h9,11-12,17-18,21,23,31-32H,6-8,10,13-15H2,1-5H3,(H,33,34);/t17-,18+,21-,23-,27-;/m1./s1. The largest absolute Gasteiger partial charge is 0.507 e. The van der Waals surface area contributed by atoms with Crippen LogP contribution in [0.5, 0.6) is 5.75 Å². The Morgan fingerprint density at radius 2 is 2.00 bits per heavy atom.